The molecule has 7 heteroatoms. The monoisotopic (exact) mass is 342 g/mol. The van der Waals surface area contributed by atoms with E-state index in [1.165, 1.54) is 6.20 Å². The molecule has 2 aromatic rings. The lowest BCUT2D eigenvalue weighted by Gasteiger charge is -2.19. The van der Waals surface area contributed by atoms with Gasteiger partial charge in [0.1, 0.15) is 19.3 Å². The third kappa shape index (κ3) is 3.66. The molecule has 0 saturated carbocycles. The highest BCUT2D eigenvalue weighted by Crippen LogP contribution is 2.32. The van der Waals surface area contributed by atoms with E-state index in [9.17, 15) is 4.79 Å². The minimum atomic E-state index is -0.250. The van der Waals surface area contributed by atoms with Crippen LogP contribution in [0, 0.1) is 0 Å². The molecule has 7 nitrogen and oxygen atoms in total. The largest absolute Gasteiger partial charge is 0.486 e. The van der Waals surface area contributed by atoms with Gasteiger partial charge in [0.2, 0.25) is 5.88 Å². The van der Waals surface area contributed by atoms with E-state index in [0.29, 0.717) is 55.1 Å². The van der Waals surface area contributed by atoms with Crippen LogP contribution in [0.25, 0.3) is 0 Å². The Kier molecular flexibility index (Phi) is 4.39. The highest BCUT2D eigenvalue weighted by molar-refractivity contribution is 6.04. The number of fused-ring (bicyclic) bond motifs is 1. The molecule has 1 saturated heterocycles. The van der Waals surface area contributed by atoms with E-state index in [2.05, 4.69) is 10.3 Å². The van der Waals surface area contributed by atoms with Crippen LogP contribution in [0.1, 0.15) is 16.8 Å². The second-order valence-electron chi connectivity index (χ2n) is 5.80. The Morgan fingerprint density at radius 1 is 1.12 bits per heavy atom. The van der Waals surface area contributed by atoms with Crippen molar-refractivity contribution >= 4 is 11.6 Å². The number of carbonyl (C=O) groups is 1. The molecule has 1 aromatic heterocycles. The number of amides is 1. The quantitative estimate of drug-likeness (QED) is 0.918. The molecule has 25 heavy (non-hydrogen) atoms. The van der Waals surface area contributed by atoms with E-state index in [1.807, 2.05) is 0 Å². The molecule has 1 unspecified atom stereocenters. The molecule has 1 amide bonds. The van der Waals surface area contributed by atoms with Gasteiger partial charge < -0.3 is 24.3 Å². The number of nitrogens with zero attached hydrogens (tertiary/aromatic N) is 1. The van der Waals surface area contributed by atoms with Gasteiger partial charge in [0.25, 0.3) is 5.91 Å². The Balaban J connectivity index is 1.40. The molecule has 0 bridgehead atoms. The molecule has 4 rings (SSSR count). The molecule has 1 N–H and O–H groups in total. The molecule has 2 aliphatic rings. The number of nitrogens with one attached hydrogen (secondary N) is 1. The smallest absolute Gasteiger partial charge is 0.257 e. The van der Waals surface area contributed by atoms with Crippen molar-refractivity contribution in [2.24, 2.45) is 0 Å². The fourth-order valence-corrected chi connectivity index (χ4v) is 2.69. The van der Waals surface area contributed by atoms with Crippen molar-refractivity contribution in [2.75, 3.05) is 31.7 Å². The van der Waals surface area contributed by atoms with Gasteiger partial charge in [0.05, 0.1) is 18.8 Å². The molecule has 1 fully saturated rings. The number of aromatic nitrogens is 1. The fourth-order valence-electron chi connectivity index (χ4n) is 2.69. The standard InChI is InChI=1S/C18H18N2O5/c21-18(20-13-2-3-15-16(9-13)24-8-7-23-15)12-1-4-17(19-10-12)25-14-5-6-22-11-14/h1-4,9-10,14H,5-8,11H2,(H,20,21). The van der Waals surface area contributed by atoms with Crippen molar-refractivity contribution in [2.45, 2.75) is 12.5 Å². The van der Waals surface area contributed by atoms with Gasteiger partial charge in [0, 0.05) is 30.4 Å². The van der Waals surface area contributed by atoms with Crippen LogP contribution in [-0.4, -0.2) is 43.4 Å². The van der Waals surface area contributed by atoms with Crippen LogP contribution < -0.4 is 19.5 Å². The summed E-state index contributed by atoms with van der Waals surface area (Å²) in [6.07, 6.45) is 2.39. The summed E-state index contributed by atoms with van der Waals surface area (Å²) < 4.78 is 21.9. The van der Waals surface area contributed by atoms with Crippen LogP contribution in [0.2, 0.25) is 0 Å². The van der Waals surface area contributed by atoms with Crippen molar-refractivity contribution in [3.8, 4) is 17.4 Å². The zero-order valence-electron chi connectivity index (χ0n) is 13.6. The van der Waals surface area contributed by atoms with Crippen molar-refractivity contribution in [1.29, 1.82) is 0 Å². The number of hydrogen-bond acceptors (Lipinski definition) is 6. The van der Waals surface area contributed by atoms with Crippen LogP contribution in [0.4, 0.5) is 5.69 Å². The summed E-state index contributed by atoms with van der Waals surface area (Å²) in [5, 5.41) is 2.83. The Morgan fingerprint density at radius 2 is 2.00 bits per heavy atom. The highest BCUT2D eigenvalue weighted by Gasteiger charge is 2.18. The minimum Gasteiger partial charge on any atom is -0.486 e. The van der Waals surface area contributed by atoms with E-state index in [0.717, 1.165) is 6.42 Å². The van der Waals surface area contributed by atoms with Crippen LogP contribution in [0.3, 0.4) is 0 Å². The molecule has 130 valence electrons. The maximum Gasteiger partial charge on any atom is 0.257 e. The second-order valence-corrected chi connectivity index (χ2v) is 5.80. The Labute approximate surface area is 144 Å². The van der Waals surface area contributed by atoms with Crippen LogP contribution in [-0.2, 0) is 4.74 Å². The third-order valence-corrected chi connectivity index (χ3v) is 3.97. The van der Waals surface area contributed by atoms with Gasteiger partial charge in [-0.3, -0.25) is 4.79 Å². The zero-order valence-corrected chi connectivity index (χ0v) is 13.6. The third-order valence-electron chi connectivity index (χ3n) is 3.97. The molecular formula is C18H18N2O5. The lowest BCUT2D eigenvalue weighted by atomic mass is 10.2. The highest BCUT2D eigenvalue weighted by atomic mass is 16.6. The number of anilines is 1. The molecule has 3 heterocycles. The summed E-state index contributed by atoms with van der Waals surface area (Å²) in [7, 11) is 0. The lowest BCUT2D eigenvalue weighted by molar-refractivity contribution is 0.102. The normalized spacial score (nSPS) is 18.6. The molecule has 0 radical (unpaired) electrons. The number of ether oxygens (including phenoxy) is 4. The van der Waals surface area contributed by atoms with Crippen LogP contribution in [0.5, 0.6) is 17.4 Å². The summed E-state index contributed by atoms with van der Waals surface area (Å²) in [5.74, 6) is 1.55. The van der Waals surface area contributed by atoms with Gasteiger partial charge in [-0.25, -0.2) is 4.98 Å². The first-order valence-electron chi connectivity index (χ1n) is 8.19. The first-order valence-corrected chi connectivity index (χ1v) is 8.19. The van der Waals surface area contributed by atoms with Crippen molar-refractivity contribution in [3.63, 3.8) is 0 Å². The predicted octanol–water partition coefficient (Wildman–Crippen LogP) is 2.27. The zero-order chi connectivity index (χ0) is 17.1. The number of hydrogen-bond donors (Lipinski definition) is 1. The average molecular weight is 342 g/mol. The van der Waals surface area contributed by atoms with Crippen molar-refractivity contribution in [3.05, 3.63) is 42.1 Å². The second kappa shape index (κ2) is 6.98. The first kappa shape index (κ1) is 15.7. The molecular weight excluding hydrogens is 324 g/mol. The summed E-state index contributed by atoms with van der Waals surface area (Å²) >= 11 is 0. The van der Waals surface area contributed by atoms with E-state index in [-0.39, 0.29) is 12.0 Å². The van der Waals surface area contributed by atoms with Gasteiger partial charge in [-0.15, -0.1) is 0 Å². The topological polar surface area (TPSA) is 78.9 Å². The maximum atomic E-state index is 12.4. The minimum absolute atomic E-state index is 0.0323. The van der Waals surface area contributed by atoms with Crippen molar-refractivity contribution in [1.82, 2.24) is 4.98 Å². The van der Waals surface area contributed by atoms with E-state index >= 15 is 0 Å². The molecule has 1 atom stereocenters. The molecule has 0 spiro atoms. The lowest BCUT2D eigenvalue weighted by Crippen LogP contribution is -2.17. The molecule has 0 aliphatic carbocycles. The average Bonchev–Trinajstić information content (AvgIpc) is 3.15. The summed E-state index contributed by atoms with van der Waals surface area (Å²) in [4.78, 5) is 16.5. The fraction of sp³-hybridized carbons (Fsp3) is 0.333. The summed E-state index contributed by atoms with van der Waals surface area (Å²) in [6.45, 7) is 2.32. The SMILES string of the molecule is O=C(Nc1ccc2c(c1)OCCO2)c1ccc(OC2CCOC2)nc1. The van der Waals surface area contributed by atoms with Crippen molar-refractivity contribution < 1.29 is 23.7 Å². The van der Waals surface area contributed by atoms with Gasteiger partial charge in [0.15, 0.2) is 11.5 Å². The Hall–Kier alpha value is -2.80. The number of carbonyl (C=O) groups excluding carboxylic acids is 1. The first-order chi connectivity index (χ1) is 12.3. The van der Waals surface area contributed by atoms with Gasteiger partial charge in [-0.1, -0.05) is 0 Å². The van der Waals surface area contributed by atoms with Gasteiger partial charge in [-0.2, -0.15) is 0 Å². The number of pyridine rings is 1. The Morgan fingerprint density at radius 3 is 2.76 bits per heavy atom. The van der Waals surface area contributed by atoms with Gasteiger partial charge >= 0.3 is 0 Å². The van der Waals surface area contributed by atoms with E-state index in [1.54, 1.807) is 30.3 Å². The van der Waals surface area contributed by atoms with Crippen LogP contribution >= 0.6 is 0 Å². The Bertz CT molecular complexity index is 757. The van der Waals surface area contributed by atoms with Crippen LogP contribution in [0.15, 0.2) is 36.5 Å². The maximum absolute atomic E-state index is 12.4. The number of rotatable bonds is 4. The van der Waals surface area contributed by atoms with E-state index in [4.69, 9.17) is 18.9 Å². The summed E-state index contributed by atoms with van der Waals surface area (Å²) in [5.41, 5.74) is 1.09. The van der Waals surface area contributed by atoms with Gasteiger partial charge in [-0.05, 0) is 18.2 Å². The summed E-state index contributed by atoms with van der Waals surface area (Å²) in [6, 6.07) is 8.68. The van der Waals surface area contributed by atoms with E-state index < -0.39 is 0 Å². The number of benzene rings is 1. The molecule has 1 aromatic carbocycles. The predicted molar refractivity (Wildman–Crippen MR) is 89.5 cm³/mol. The molecule has 2 aliphatic heterocycles.